The molecule has 1 fully saturated rings. The molecule has 0 radical (unpaired) electrons. The van der Waals surface area contributed by atoms with Crippen molar-refractivity contribution in [2.45, 2.75) is 38.8 Å². The van der Waals surface area contributed by atoms with Crippen LogP contribution in [0.5, 0.6) is 11.5 Å². The Morgan fingerprint density at radius 2 is 2.11 bits per heavy atom. The number of hydrogen-bond acceptors (Lipinski definition) is 7. The first-order valence-electron chi connectivity index (χ1n) is 8.94. The van der Waals surface area contributed by atoms with E-state index < -0.39 is 0 Å². The summed E-state index contributed by atoms with van der Waals surface area (Å²) in [5.41, 5.74) is 1.44. The quantitative estimate of drug-likeness (QED) is 0.736. The smallest absolute Gasteiger partial charge is 0.323 e. The molecule has 8 heteroatoms. The highest BCUT2D eigenvalue weighted by Crippen LogP contribution is 2.41. The van der Waals surface area contributed by atoms with E-state index in [9.17, 15) is 4.79 Å². The van der Waals surface area contributed by atoms with Crippen molar-refractivity contribution in [3.63, 3.8) is 0 Å². The maximum atomic E-state index is 12.1. The number of halogens is 1. The van der Waals surface area contributed by atoms with Crippen molar-refractivity contribution in [1.82, 2.24) is 9.88 Å². The lowest BCUT2D eigenvalue weighted by Gasteiger charge is -2.33. The van der Waals surface area contributed by atoms with Gasteiger partial charge in [-0.25, -0.2) is 4.98 Å². The van der Waals surface area contributed by atoms with Gasteiger partial charge < -0.3 is 18.6 Å². The van der Waals surface area contributed by atoms with E-state index in [4.69, 9.17) is 30.2 Å². The van der Waals surface area contributed by atoms with Crippen molar-refractivity contribution >= 4 is 17.6 Å². The highest BCUT2D eigenvalue weighted by Gasteiger charge is 2.31. The number of aromatic nitrogens is 1. The lowest BCUT2D eigenvalue weighted by atomic mass is 10.0. The molecular formula is C19H21ClN2O5. The Bertz CT molecular complexity index is 866. The fourth-order valence-electron chi connectivity index (χ4n) is 3.55. The van der Waals surface area contributed by atoms with Crippen LogP contribution in [0.25, 0.3) is 11.5 Å². The monoisotopic (exact) mass is 392 g/mol. The van der Waals surface area contributed by atoms with E-state index in [1.807, 2.05) is 6.92 Å². The number of hydrogen-bond donors (Lipinski definition) is 0. The van der Waals surface area contributed by atoms with Gasteiger partial charge in [-0.05, 0) is 32.4 Å². The van der Waals surface area contributed by atoms with Crippen molar-refractivity contribution in [2.24, 2.45) is 0 Å². The maximum absolute atomic E-state index is 12.1. The minimum atomic E-state index is -0.238. The molecule has 0 aliphatic carbocycles. The Balaban J connectivity index is 1.59. The third kappa shape index (κ3) is 3.49. The largest absolute Gasteiger partial charge is 0.468 e. The lowest BCUT2D eigenvalue weighted by molar-refractivity contribution is -0.148. The number of rotatable bonds is 4. The second-order valence-corrected chi connectivity index (χ2v) is 7.12. The number of nitrogens with zero attached hydrogens (tertiary/aromatic N) is 2. The molecule has 4 rings (SSSR count). The number of carbonyl (C=O) groups excluding carboxylic acids is 1. The molecule has 1 aromatic carbocycles. The maximum Gasteiger partial charge on any atom is 0.323 e. The van der Waals surface area contributed by atoms with Crippen LogP contribution in [0.4, 0.5) is 0 Å². The number of fused-ring (bicyclic) bond motifs is 1. The lowest BCUT2D eigenvalue weighted by Crippen LogP contribution is -2.44. The second kappa shape index (κ2) is 7.40. The van der Waals surface area contributed by atoms with Crippen LogP contribution in [0.3, 0.4) is 0 Å². The van der Waals surface area contributed by atoms with Crippen LogP contribution in [0.1, 0.15) is 30.7 Å². The Kier molecular flexibility index (Phi) is 4.97. The summed E-state index contributed by atoms with van der Waals surface area (Å²) < 4.78 is 21.6. The van der Waals surface area contributed by atoms with E-state index in [1.165, 1.54) is 7.11 Å². The van der Waals surface area contributed by atoms with E-state index in [1.54, 1.807) is 12.1 Å². The van der Waals surface area contributed by atoms with Crippen molar-refractivity contribution in [3.8, 4) is 23.0 Å². The second-order valence-electron chi connectivity index (χ2n) is 6.71. The summed E-state index contributed by atoms with van der Waals surface area (Å²) in [6, 6.07) is 3.24. The van der Waals surface area contributed by atoms with Gasteiger partial charge in [0.05, 0.1) is 23.4 Å². The van der Waals surface area contributed by atoms with Crippen molar-refractivity contribution in [1.29, 1.82) is 0 Å². The first-order valence-corrected chi connectivity index (χ1v) is 9.32. The molecule has 27 heavy (non-hydrogen) atoms. The minimum absolute atomic E-state index is 0.175. The Morgan fingerprint density at radius 3 is 2.89 bits per heavy atom. The third-order valence-corrected chi connectivity index (χ3v) is 5.34. The van der Waals surface area contributed by atoms with Crippen LogP contribution in [0, 0.1) is 6.92 Å². The number of piperidine rings is 1. The normalized spacial score (nSPS) is 19.3. The molecule has 0 N–H and O–H groups in total. The number of benzene rings is 1. The number of likely N-dealkylation sites (tertiary alicyclic amines) is 1. The number of esters is 1. The molecule has 1 aromatic heterocycles. The third-order valence-electron chi connectivity index (χ3n) is 5.03. The summed E-state index contributed by atoms with van der Waals surface area (Å²) in [6.07, 6.45) is 2.86. The van der Waals surface area contributed by atoms with Gasteiger partial charge in [0.2, 0.25) is 12.7 Å². The Morgan fingerprint density at radius 1 is 1.33 bits per heavy atom. The topological polar surface area (TPSA) is 74.0 Å². The number of oxazole rings is 1. The van der Waals surface area contributed by atoms with E-state index in [-0.39, 0.29) is 18.8 Å². The van der Waals surface area contributed by atoms with Gasteiger partial charge in [0.15, 0.2) is 11.5 Å². The number of aryl methyl sites for hydroxylation is 1. The average molecular weight is 393 g/mol. The number of carbonyl (C=O) groups is 1. The van der Waals surface area contributed by atoms with Gasteiger partial charge in [-0.1, -0.05) is 18.0 Å². The van der Waals surface area contributed by atoms with Crippen molar-refractivity contribution in [3.05, 3.63) is 28.6 Å². The summed E-state index contributed by atoms with van der Waals surface area (Å²) in [4.78, 5) is 18.8. The van der Waals surface area contributed by atoms with Gasteiger partial charge in [0.1, 0.15) is 11.8 Å². The van der Waals surface area contributed by atoms with Gasteiger partial charge in [-0.3, -0.25) is 9.69 Å². The first kappa shape index (κ1) is 18.1. The van der Waals surface area contributed by atoms with E-state index >= 15 is 0 Å². The van der Waals surface area contributed by atoms with Gasteiger partial charge in [0.25, 0.3) is 0 Å². The van der Waals surface area contributed by atoms with E-state index in [2.05, 4.69) is 9.88 Å². The molecule has 1 atom stereocenters. The van der Waals surface area contributed by atoms with E-state index in [0.717, 1.165) is 31.5 Å². The minimum Gasteiger partial charge on any atom is -0.468 e. The molecule has 0 amide bonds. The van der Waals surface area contributed by atoms with Gasteiger partial charge in [-0.2, -0.15) is 0 Å². The van der Waals surface area contributed by atoms with Crippen LogP contribution in [0.2, 0.25) is 5.02 Å². The summed E-state index contributed by atoms with van der Waals surface area (Å²) in [7, 11) is 1.43. The zero-order valence-corrected chi connectivity index (χ0v) is 16.0. The molecule has 0 unspecified atom stereocenters. The van der Waals surface area contributed by atoms with Crippen LogP contribution in [-0.4, -0.2) is 42.3 Å². The fraction of sp³-hybridized carbons (Fsp3) is 0.474. The zero-order chi connectivity index (χ0) is 19.0. The van der Waals surface area contributed by atoms with Crippen LogP contribution < -0.4 is 9.47 Å². The molecule has 2 aliphatic rings. The number of methoxy groups -OCH3 is 1. The summed E-state index contributed by atoms with van der Waals surface area (Å²) in [6.45, 7) is 3.39. The van der Waals surface area contributed by atoms with Crippen LogP contribution >= 0.6 is 11.6 Å². The molecule has 0 spiro atoms. The van der Waals surface area contributed by atoms with Gasteiger partial charge >= 0.3 is 5.97 Å². The molecule has 2 aliphatic heterocycles. The summed E-state index contributed by atoms with van der Waals surface area (Å²) in [5.74, 6) is 2.16. The highest BCUT2D eigenvalue weighted by molar-refractivity contribution is 6.33. The average Bonchev–Trinajstić information content (AvgIpc) is 3.27. The molecule has 3 heterocycles. The number of ether oxygens (including phenoxy) is 3. The summed E-state index contributed by atoms with van der Waals surface area (Å²) in [5, 5.41) is 0.484. The van der Waals surface area contributed by atoms with E-state index in [0.29, 0.717) is 40.3 Å². The SMILES string of the molecule is COC(=O)[C@@H]1CCCCN1Cc1nc(-c2cc3c(cc2Cl)OCO3)oc1C. The standard InChI is InChI=1S/C19H21ClN2O5/c1-11-14(9-22-6-4-3-5-15(22)19(23)24-2)21-18(27-11)12-7-16-17(8-13(12)20)26-10-25-16/h7-8,15H,3-6,9-10H2,1-2H3/t15-/m0/s1. The van der Waals surface area contributed by atoms with Crippen molar-refractivity contribution in [2.75, 3.05) is 20.4 Å². The molecule has 0 saturated carbocycles. The summed E-state index contributed by atoms with van der Waals surface area (Å²) >= 11 is 6.37. The highest BCUT2D eigenvalue weighted by atomic mass is 35.5. The van der Waals surface area contributed by atoms with Gasteiger partial charge in [0, 0.05) is 12.6 Å². The molecular weight excluding hydrogens is 372 g/mol. The molecule has 2 aromatic rings. The molecule has 7 nitrogen and oxygen atoms in total. The van der Waals surface area contributed by atoms with Crippen LogP contribution in [0.15, 0.2) is 16.5 Å². The first-order chi connectivity index (χ1) is 13.1. The zero-order valence-electron chi connectivity index (χ0n) is 15.3. The predicted octanol–water partition coefficient (Wildman–Crippen LogP) is 3.56. The fourth-order valence-corrected chi connectivity index (χ4v) is 3.78. The van der Waals surface area contributed by atoms with Gasteiger partial charge in [-0.15, -0.1) is 0 Å². The Labute approximate surface area is 162 Å². The predicted molar refractivity (Wildman–Crippen MR) is 97.9 cm³/mol. The van der Waals surface area contributed by atoms with Crippen molar-refractivity contribution < 1.29 is 23.4 Å². The molecule has 144 valence electrons. The Hall–Kier alpha value is -2.25. The van der Waals surface area contributed by atoms with Crippen LogP contribution in [-0.2, 0) is 16.1 Å². The molecule has 1 saturated heterocycles. The molecule has 0 bridgehead atoms.